The van der Waals surface area contributed by atoms with E-state index in [0.29, 0.717) is 0 Å². The van der Waals surface area contributed by atoms with Gasteiger partial charge in [-0.2, -0.15) is 0 Å². The number of anilines is 1. The van der Waals surface area contributed by atoms with Crippen LogP contribution in [0.15, 0.2) is 24.3 Å². The predicted octanol–water partition coefficient (Wildman–Crippen LogP) is 1.74. The number of likely N-dealkylation sites (N-methyl/N-ethyl adjacent to an activating group) is 1. The number of aryl methyl sites for hydroxylation is 1. The van der Waals surface area contributed by atoms with Crippen molar-refractivity contribution in [2.75, 3.05) is 38.1 Å². The summed E-state index contributed by atoms with van der Waals surface area (Å²) in [4.78, 5) is 15.7. The first-order chi connectivity index (χ1) is 9.19. The first kappa shape index (κ1) is 12.2. The second-order valence-electron chi connectivity index (χ2n) is 5.28. The van der Waals surface area contributed by atoms with E-state index < -0.39 is 0 Å². The van der Waals surface area contributed by atoms with Crippen LogP contribution in [0.2, 0.25) is 0 Å². The van der Waals surface area contributed by atoms with E-state index in [1.54, 1.807) is 0 Å². The van der Waals surface area contributed by atoms with Gasteiger partial charge < -0.3 is 14.4 Å². The van der Waals surface area contributed by atoms with Crippen LogP contribution in [0.5, 0.6) is 0 Å². The van der Waals surface area contributed by atoms with E-state index in [1.165, 1.54) is 5.69 Å². The molecule has 100 valence electrons. The summed E-state index contributed by atoms with van der Waals surface area (Å²) < 4.78 is 1.94. The average molecular weight is 257 g/mol. The number of carbonyl (C=O) groups is 1. The number of hydrogen-bond donors (Lipinski definition) is 0. The molecule has 1 saturated heterocycles. The molecule has 4 heteroatoms. The van der Waals surface area contributed by atoms with Crippen molar-refractivity contribution in [3.63, 3.8) is 0 Å². The maximum absolute atomic E-state index is 11.0. The van der Waals surface area contributed by atoms with E-state index >= 15 is 0 Å². The Labute approximate surface area is 113 Å². The summed E-state index contributed by atoms with van der Waals surface area (Å²) in [7, 11) is 4.09. The molecule has 19 heavy (non-hydrogen) atoms. The Kier molecular flexibility index (Phi) is 3.03. The van der Waals surface area contributed by atoms with Crippen LogP contribution in [-0.4, -0.2) is 49.0 Å². The molecule has 0 saturated carbocycles. The van der Waals surface area contributed by atoms with Gasteiger partial charge in [0.2, 0.25) is 0 Å². The lowest BCUT2D eigenvalue weighted by Crippen LogP contribution is -2.44. The number of aldehydes is 1. The fourth-order valence-electron chi connectivity index (χ4n) is 2.73. The van der Waals surface area contributed by atoms with Gasteiger partial charge in [0.1, 0.15) is 0 Å². The molecular formula is C15H19N3O. The van der Waals surface area contributed by atoms with Gasteiger partial charge in [0, 0.05) is 49.8 Å². The summed E-state index contributed by atoms with van der Waals surface area (Å²) in [5.74, 6) is 0. The zero-order valence-electron chi connectivity index (χ0n) is 11.5. The fraction of sp³-hybridized carbons (Fsp3) is 0.400. The normalized spacial score (nSPS) is 17.1. The molecule has 1 aromatic heterocycles. The van der Waals surface area contributed by atoms with Crippen molar-refractivity contribution in [3.05, 3.63) is 30.0 Å². The molecule has 1 aliphatic rings. The largest absolute Gasteiger partial charge is 0.369 e. The molecule has 0 atom stereocenters. The number of rotatable bonds is 2. The van der Waals surface area contributed by atoms with Crippen LogP contribution in [0.3, 0.4) is 0 Å². The molecule has 0 spiro atoms. The third-order valence-electron chi connectivity index (χ3n) is 4.05. The highest BCUT2D eigenvalue weighted by Gasteiger charge is 2.15. The second kappa shape index (κ2) is 4.70. The Morgan fingerprint density at radius 2 is 1.79 bits per heavy atom. The SMILES string of the molecule is CN1CCN(c2ccc3c(c2)cc(C=O)n3C)CC1. The number of fused-ring (bicyclic) bond motifs is 1. The van der Waals surface area contributed by atoms with Crippen LogP contribution in [0, 0.1) is 0 Å². The highest BCUT2D eigenvalue weighted by atomic mass is 16.1. The summed E-state index contributed by atoms with van der Waals surface area (Å²) in [5, 5.41) is 1.14. The standard InChI is InChI=1S/C15H19N3O/c1-16-5-7-18(8-6-16)13-3-4-15-12(9-13)10-14(11-19)17(15)2/h3-4,9-11H,5-8H2,1-2H3. The molecule has 1 aromatic carbocycles. The molecule has 3 rings (SSSR count). The van der Waals surface area contributed by atoms with Crippen molar-refractivity contribution in [2.24, 2.45) is 7.05 Å². The first-order valence-electron chi connectivity index (χ1n) is 6.67. The average Bonchev–Trinajstić information content (AvgIpc) is 2.76. The van der Waals surface area contributed by atoms with Gasteiger partial charge in [0.25, 0.3) is 0 Å². The second-order valence-corrected chi connectivity index (χ2v) is 5.28. The van der Waals surface area contributed by atoms with Crippen LogP contribution in [0.25, 0.3) is 10.9 Å². The van der Waals surface area contributed by atoms with Crippen molar-refractivity contribution in [3.8, 4) is 0 Å². The van der Waals surface area contributed by atoms with Gasteiger partial charge >= 0.3 is 0 Å². The quantitative estimate of drug-likeness (QED) is 0.767. The minimum Gasteiger partial charge on any atom is -0.369 e. The summed E-state index contributed by atoms with van der Waals surface area (Å²) in [6.07, 6.45) is 0.912. The number of carbonyl (C=O) groups excluding carboxylic acids is 1. The van der Waals surface area contributed by atoms with Gasteiger partial charge in [-0.3, -0.25) is 4.79 Å². The van der Waals surface area contributed by atoms with Gasteiger partial charge in [0.15, 0.2) is 6.29 Å². The topological polar surface area (TPSA) is 28.5 Å². The third-order valence-corrected chi connectivity index (χ3v) is 4.05. The Morgan fingerprint density at radius 3 is 2.47 bits per heavy atom. The van der Waals surface area contributed by atoms with Gasteiger partial charge in [-0.05, 0) is 31.3 Å². The molecule has 2 heterocycles. The van der Waals surface area contributed by atoms with Gasteiger partial charge in [-0.1, -0.05) is 0 Å². The molecule has 2 aromatic rings. The van der Waals surface area contributed by atoms with E-state index in [0.717, 1.165) is 49.1 Å². The highest BCUT2D eigenvalue weighted by molar-refractivity contribution is 5.90. The number of piperazine rings is 1. The van der Waals surface area contributed by atoms with Gasteiger partial charge in [-0.15, -0.1) is 0 Å². The lowest BCUT2D eigenvalue weighted by Gasteiger charge is -2.34. The molecule has 4 nitrogen and oxygen atoms in total. The molecule has 0 unspecified atom stereocenters. The molecular weight excluding hydrogens is 238 g/mol. The lowest BCUT2D eigenvalue weighted by molar-refractivity contribution is 0.111. The van der Waals surface area contributed by atoms with Crippen LogP contribution >= 0.6 is 0 Å². The summed E-state index contributed by atoms with van der Waals surface area (Å²) in [5.41, 5.74) is 3.09. The monoisotopic (exact) mass is 257 g/mol. The molecule has 0 bridgehead atoms. The molecule has 1 fully saturated rings. The first-order valence-corrected chi connectivity index (χ1v) is 6.67. The van der Waals surface area contributed by atoms with Crippen molar-refractivity contribution >= 4 is 22.9 Å². The van der Waals surface area contributed by atoms with Crippen molar-refractivity contribution in [1.29, 1.82) is 0 Å². The summed E-state index contributed by atoms with van der Waals surface area (Å²) in [6.45, 7) is 4.34. The Hall–Kier alpha value is -1.81. The Morgan fingerprint density at radius 1 is 1.05 bits per heavy atom. The minimum atomic E-state index is 0.727. The van der Waals surface area contributed by atoms with E-state index in [1.807, 2.05) is 17.7 Å². The molecule has 0 N–H and O–H groups in total. The number of hydrogen-bond acceptors (Lipinski definition) is 3. The lowest BCUT2D eigenvalue weighted by atomic mass is 10.2. The summed E-state index contributed by atoms with van der Waals surface area (Å²) >= 11 is 0. The van der Waals surface area contributed by atoms with Crippen molar-refractivity contribution < 1.29 is 4.79 Å². The van der Waals surface area contributed by atoms with Crippen LogP contribution in [0.1, 0.15) is 10.5 Å². The van der Waals surface area contributed by atoms with Gasteiger partial charge in [-0.25, -0.2) is 0 Å². The number of aromatic nitrogens is 1. The third kappa shape index (κ3) is 2.12. The van der Waals surface area contributed by atoms with Gasteiger partial charge in [0.05, 0.1) is 5.69 Å². The number of nitrogens with zero attached hydrogens (tertiary/aromatic N) is 3. The molecule has 0 radical (unpaired) electrons. The van der Waals surface area contributed by atoms with Crippen LogP contribution < -0.4 is 4.90 Å². The van der Waals surface area contributed by atoms with Crippen LogP contribution in [0.4, 0.5) is 5.69 Å². The number of benzene rings is 1. The Balaban J connectivity index is 1.95. The maximum atomic E-state index is 11.0. The smallest absolute Gasteiger partial charge is 0.166 e. The van der Waals surface area contributed by atoms with E-state index in [9.17, 15) is 4.79 Å². The Bertz CT molecular complexity index is 609. The predicted molar refractivity (Wildman–Crippen MR) is 78.0 cm³/mol. The summed E-state index contributed by atoms with van der Waals surface area (Å²) in [6, 6.07) is 8.41. The zero-order chi connectivity index (χ0) is 13.4. The minimum absolute atomic E-state index is 0.727. The van der Waals surface area contributed by atoms with E-state index in [-0.39, 0.29) is 0 Å². The fourth-order valence-corrected chi connectivity index (χ4v) is 2.73. The molecule has 0 amide bonds. The highest BCUT2D eigenvalue weighted by Crippen LogP contribution is 2.25. The van der Waals surface area contributed by atoms with E-state index in [4.69, 9.17) is 0 Å². The molecule has 0 aliphatic carbocycles. The zero-order valence-corrected chi connectivity index (χ0v) is 11.5. The van der Waals surface area contributed by atoms with Crippen LogP contribution in [-0.2, 0) is 7.05 Å². The van der Waals surface area contributed by atoms with Crippen molar-refractivity contribution in [2.45, 2.75) is 0 Å². The maximum Gasteiger partial charge on any atom is 0.166 e. The van der Waals surface area contributed by atoms with Crippen molar-refractivity contribution in [1.82, 2.24) is 9.47 Å². The van der Waals surface area contributed by atoms with E-state index in [2.05, 4.69) is 35.0 Å². The molecule has 1 aliphatic heterocycles.